The Labute approximate surface area is 169 Å². The molecule has 2 aliphatic heterocycles. The van der Waals surface area contributed by atoms with Crippen LogP contribution in [0.25, 0.3) is 6.08 Å². The molecule has 2 aliphatic rings. The summed E-state index contributed by atoms with van der Waals surface area (Å²) < 4.78 is 0. The molecule has 3 amide bonds. The molecule has 5 nitrogen and oxygen atoms in total. The van der Waals surface area contributed by atoms with Gasteiger partial charge in [-0.1, -0.05) is 23.7 Å². The van der Waals surface area contributed by atoms with Gasteiger partial charge in [-0.2, -0.15) is 0 Å². The molecule has 0 radical (unpaired) electrons. The number of nitrogens with zero attached hydrogens (tertiary/aromatic N) is 2. The standard InChI is InChI=1S/C22H22ClN3O2/c1-15-12-18(25-10-3-2-4-11-25)9-8-16(15)13-20-21(27)26(22(28)24-20)19-7-5-6-17(23)14-19/h5-9,12-14H,2-4,10-11H2,1H3,(H,24,28). The van der Waals surface area contributed by atoms with Gasteiger partial charge in [-0.05, 0) is 73.7 Å². The number of piperidine rings is 1. The van der Waals surface area contributed by atoms with E-state index in [0.717, 1.165) is 29.1 Å². The SMILES string of the molecule is Cc1cc(N2CCCCC2)ccc1C=C1NC(=O)N(c2cccc(Cl)c2)C1=O. The number of rotatable bonds is 3. The van der Waals surface area contributed by atoms with E-state index >= 15 is 0 Å². The minimum Gasteiger partial charge on any atom is -0.372 e. The molecule has 2 aromatic carbocycles. The quantitative estimate of drug-likeness (QED) is 0.603. The van der Waals surface area contributed by atoms with Gasteiger partial charge in [-0.3, -0.25) is 4.79 Å². The number of hydrogen-bond acceptors (Lipinski definition) is 3. The molecule has 0 unspecified atom stereocenters. The Morgan fingerprint density at radius 3 is 2.50 bits per heavy atom. The van der Waals surface area contributed by atoms with Crippen LogP contribution in [-0.2, 0) is 4.79 Å². The molecule has 1 N–H and O–H groups in total. The van der Waals surface area contributed by atoms with Crippen LogP contribution in [0.1, 0.15) is 30.4 Å². The Balaban J connectivity index is 1.59. The van der Waals surface area contributed by atoms with Gasteiger partial charge in [0.15, 0.2) is 0 Å². The molecule has 4 rings (SSSR count). The monoisotopic (exact) mass is 395 g/mol. The van der Waals surface area contributed by atoms with E-state index in [1.807, 2.05) is 13.0 Å². The number of carbonyl (C=O) groups excluding carboxylic acids is 2. The maximum Gasteiger partial charge on any atom is 0.333 e. The van der Waals surface area contributed by atoms with Gasteiger partial charge in [-0.25, -0.2) is 9.69 Å². The third kappa shape index (κ3) is 3.62. The van der Waals surface area contributed by atoms with Crippen LogP contribution >= 0.6 is 11.6 Å². The number of hydrogen-bond donors (Lipinski definition) is 1. The summed E-state index contributed by atoms with van der Waals surface area (Å²) >= 11 is 6.00. The Morgan fingerprint density at radius 2 is 1.79 bits per heavy atom. The van der Waals surface area contributed by atoms with Gasteiger partial charge >= 0.3 is 6.03 Å². The van der Waals surface area contributed by atoms with E-state index in [0.29, 0.717) is 10.7 Å². The molecule has 2 saturated heterocycles. The number of carbonyl (C=O) groups is 2. The van der Waals surface area contributed by atoms with E-state index in [9.17, 15) is 9.59 Å². The summed E-state index contributed by atoms with van der Waals surface area (Å²) in [6, 6.07) is 12.5. The van der Waals surface area contributed by atoms with Crippen molar-refractivity contribution in [3.8, 4) is 0 Å². The van der Waals surface area contributed by atoms with Gasteiger partial charge in [0.05, 0.1) is 5.69 Å². The Morgan fingerprint density at radius 1 is 1.00 bits per heavy atom. The smallest absolute Gasteiger partial charge is 0.333 e. The fourth-order valence-corrected chi connectivity index (χ4v) is 3.90. The first-order valence-corrected chi connectivity index (χ1v) is 9.89. The zero-order valence-electron chi connectivity index (χ0n) is 15.7. The number of aryl methyl sites for hydroxylation is 1. The average molecular weight is 396 g/mol. The molecule has 2 aromatic rings. The fraction of sp³-hybridized carbons (Fsp3) is 0.273. The fourth-order valence-electron chi connectivity index (χ4n) is 3.71. The van der Waals surface area contributed by atoms with Gasteiger partial charge in [0, 0.05) is 23.8 Å². The normalized spacial score (nSPS) is 18.7. The molecular weight excluding hydrogens is 374 g/mol. The van der Waals surface area contributed by atoms with Gasteiger partial charge in [0.2, 0.25) is 0 Å². The number of halogens is 1. The Kier molecular flexibility index (Phi) is 5.09. The molecule has 0 aliphatic carbocycles. The van der Waals surface area contributed by atoms with Crippen molar-refractivity contribution in [1.82, 2.24) is 5.32 Å². The molecule has 0 saturated carbocycles. The molecule has 0 aromatic heterocycles. The third-order valence-corrected chi connectivity index (χ3v) is 5.45. The van der Waals surface area contributed by atoms with Crippen molar-refractivity contribution in [3.05, 3.63) is 64.3 Å². The van der Waals surface area contributed by atoms with Crippen LogP contribution in [0.5, 0.6) is 0 Å². The number of anilines is 2. The highest BCUT2D eigenvalue weighted by Gasteiger charge is 2.35. The van der Waals surface area contributed by atoms with Crippen LogP contribution in [-0.4, -0.2) is 25.0 Å². The predicted octanol–water partition coefficient (Wildman–Crippen LogP) is 4.74. The molecule has 0 spiro atoms. The first kappa shape index (κ1) is 18.6. The summed E-state index contributed by atoms with van der Waals surface area (Å²) in [5.74, 6) is -0.383. The minimum atomic E-state index is -0.471. The summed E-state index contributed by atoms with van der Waals surface area (Å²) in [6.45, 7) is 4.20. The number of benzene rings is 2. The van der Waals surface area contributed by atoms with Crippen molar-refractivity contribution in [1.29, 1.82) is 0 Å². The van der Waals surface area contributed by atoms with Crippen molar-refractivity contribution in [2.75, 3.05) is 22.9 Å². The van der Waals surface area contributed by atoms with E-state index < -0.39 is 6.03 Å². The second-order valence-electron chi connectivity index (χ2n) is 7.20. The van der Waals surface area contributed by atoms with Crippen LogP contribution in [0.2, 0.25) is 5.02 Å². The number of amides is 3. The van der Waals surface area contributed by atoms with Crippen molar-refractivity contribution >= 4 is 41.0 Å². The second kappa shape index (κ2) is 7.68. The zero-order chi connectivity index (χ0) is 19.7. The predicted molar refractivity (Wildman–Crippen MR) is 113 cm³/mol. The van der Waals surface area contributed by atoms with Crippen LogP contribution in [0, 0.1) is 6.92 Å². The first-order valence-electron chi connectivity index (χ1n) is 9.51. The highest BCUT2D eigenvalue weighted by atomic mass is 35.5. The molecule has 28 heavy (non-hydrogen) atoms. The van der Waals surface area contributed by atoms with E-state index in [-0.39, 0.29) is 11.6 Å². The Bertz CT molecular complexity index is 964. The lowest BCUT2D eigenvalue weighted by atomic mass is 10.0. The molecule has 2 heterocycles. The van der Waals surface area contributed by atoms with Crippen LogP contribution < -0.4 is 15.1 Å². The van der Waals surface area contributed by atoms with Gasteiger partial charge in [0.1, 0.15) is 5.70 Å². The highest BCUT2D eigenvalue weighted by molar-refractivity contribution is 6.32. The largest absolute Gasteiger partial charge is 0.372 e. The first-order chi connectivity index (χ1) is 13.5. The van der Waals surface area contributed by atoms with Crippen LogP contribution in [0.15, 0.2) is 48.2 Å². The number of nitrogens with one attached hydrogen (secondary N) is 1. The maximum absolute atomic E-state index is 12.8. The molecule has 0 bridgehead atoms. The molecule has 6 heteroatoms. The van der Waals surface area contributed by atoms with Gasteiger partial charge < -0.3 is 10.2 Å². The van der Waals surface area contributed by atoms with E-state index in [4.69, 9.17) is 11.6 Å². The maximum atomic E-state index is 12.8. The molecule has 2 fully saturated rings. The third-order valence-electron chi connectivity index (χ3n) is 5.22. The molecular formula is C22H22ClN3O2. The van der Waals surface area contributed by atoms with Crippen LogP contribution in [0.3, 0.4) is 0 Å². The van der Waals surface area contributed by atoms with E-state index in [2.05, 4.69) is 22.3 Å². The van der Waals surface area contributed by atoms with Crippen molar-refractivity contribution in [2.24, 2.45) is 0 Å². The zero-order valence-corrected chi connectivity index (χ0v) is 16.5. The lowest BCUT2D eigenvalue weighted by molar-refractivity contribution is -0.113. The highest BCUT2D eigenvalue weighted by Crippen LogP contribution is 2.27. The average Bonchev–Trinajstić information content (AvgIpc) is 2.97. The summed E-state index contributed by atoms with van der Waals surface area (Å²) in [5.41, 5.74) is 3.91. The summed E-state index contributed by atoms with van der Waals surface area (Å²) in [6.07, 6.45) is 5.49. The van der Waals surface area contributed by atoms with E-state index in [1.54, 1.807) is 30.3 Å². The lowest BCUT2D eigenvalue weighted by Crippen LogP contribution is -2.30. The minimum absolute atomic E-state index is 0.263. The number of urea groups is 1. The Hall–Kier alpha value is -2.79. The lowest BCUT2D eigenvalue weighted by Gasteiger charge is -2.29. The summed E-state index contributed by atoms with van der Waals surface area (Å²) in [7, 11) is 0. The molecule has 0 atom stereocenters. The van der Waals surface area contributed by atoms with Gasteiger partial charge in [-0.15, -0.1) is 0 Å². The number of imide groups is 1. The van der Waals surface area contributed by atoms with Crippen molar-refractivity contribution in [2.45, 2.75) is 26.2 Å². The molecule has 144 valence electrons. The van der Waals surface area contributed by atoms with E-state index in [1.165, 1.54) is 24.9 Å². The topological polar surface area (TPSA) is 52.7 Å². The summed E-state index contributed by atoms with van der Waals surface area (Å²) in [5, 5.41) is 3.14. The van der Waals surface area contributed by atoms with Crippen LogP contribution in [0.4, 0.5) is 16.2 Å². The summed E-state index contributed by atoms with van der Waals surface area (Å²) in [4.78, 5) is 28.6. The van der Waals surface area contributed by atoms with Crippen molar-refractivity contribution < 1.29 is 9.59 Å². The second-order valence-corrected chi connectivity index (χ2v) is 7.63. The van der Waals surface area contributed by atoms with Crippen molar-refractivity contribution in [3.63, 3.8) is 0 Å². The van der Waals surface area contributed by atoms with Gasteiger partial charge in [0.25, 0.3) is 5.91 Å².